The van der Waals surface area contributed by atoms with Gasteiger partial charge < -0.3 is 15.2 Å². The lowest BCUT2D eigenvalue weighted by Gasteiger charge is -2.22. The summed E-state index contributed by atoms with van der Waals surface area (Å²) in [4.78, 5) is 31.9. The van der Waals surface area contributed by atoms with Gasteiger partial charge in [0.05, 0.1) is 28.3 Å². The fraction of sp³-hybridized carbons (Fsp3) is 0.385. The molecule has 1 saturated heterocycles. The van der Waals surface area contributed by atoms with Gasteiger partial charge in [-0.1, -0.05) is 26.0 Å². The van der Waals surface area contributed by atoms with Gasteiger partial charge in [0.1, 0.15) is 17.3 Å². The average Bonchev–Trinajstić information content (AvgIpc) is 3.35. The SMILES string of the molecule is CC12CN(CCc3nc4ccccc4[nH]3)CC1(C)C2c1nc(C(=O)NCc2ncccc2F)cs1. The number of hydrogen-bond donors (Lipinski definition) is 2. The van der Waals surface area contributed by atoms with Gasteiger partial charge in [0.25, 0.3) is 5.91 Å². The highest BCUT2D eigenvalue weighted by molar-refractivity contribution is 7.10. The lowest BCUT2D eigenvalue weighted by molar-refractivity contribution is 0.0945. The van der Waals surface area contributed by atoms with Gasteiger partial charge in [-0.3, -0.25) is 9.78 Å². The van der Waals surface area contributed by atoms with Crippen LogP contribution < -0.4 is 5.32 Å². The van der Waals surface area contributed by atoms with E-state index >= 15 is 0 Å². The summed E-state index contributed by atoms with van der Waals surface area (Å²) in [5.41, 5.74) is 2.99. The summed E-state index contributed by atoms with van der Waals surface area (Å²) >= 11 is 1.55. The van der Waals surface area contributed by atoms with E-state index in [4.69, 9.17) is 4.98 Å². The second-order valence-electron chi connectivity index (χ2n) is 10.1. The molecule has 1 aliphatic carbocycles. The van der Waals surface area contributed by atoms with E-state index in [0.29, 0.717) is 11.6 Å². The molecule has 1 amide bonds. The van der Waals surface area contributed by atoms with Crippen molar-refractivity contribution < 1.29 is 9.18 Å². The standard InChI is InChI=1S/C26H27FN6OS/c1-25-14-33(11-9-21-30-17-7-3-4-8-18(17)31-21)15-26(25,2)22(25)24-32-20(13-35-24)23(34)29-12-19-16(27)6-5-10-28-19/h3-8,10,13,22H,9,11-12,14-15H2,1-2H3,(H,29,34)(H,30,31). The van der Waals surface area contributed by atoms with E-state index in [2.05, 4.69) is 45.1 Å². The maximum atomic E-state index is 13.8. The van der Waals surface area contributed by atoms with Gasteiger partial charge in [0.2, 0.25) is 0 Å². The molecule has 35 heavy (non-hydrogen) atoms. The Morgan fingerprint density at radius 1 is 1.20 bits per heavy atom. The third-order valence-corrected chi connectivity index (χ3v) is 8.87. The van der Waals surface area contributed by atoms with Crippen LogP contribution in [0, 0.1) is 16.6 Å². The minimum Gasteiger partial charge on any atom is -0.345 e. The molecule has 2 N–H and O–H groups in total. The van der Waals surface area contributed by atoms with E-state index in [1.807, 2.05) is 18.2 Å². The van der Waals surface area contributed by atoms with Crippen LogP contribution in [-0.4, -0.2) is 50.4 Å². The van der Waals surface area contributed by atoms with E-state index < -0.39 is 5.82 Å². The molecule has 2 atom stereocenters. The van der Waals surface area contributed by atoms with Crippen molar-refractivity contribution in [2.45, 2.75) is 32.7 Å². The summed E-state index contributed by atoms with van der Waals surface area (Å²) in [6, 6.07) is 11.0. The highest BCUT2D eigenvalue weighted by Gasteiger charge is 2.75. The number of hydrogen-bond acceptors (Lipinski definition) is 6. The Morgan fingerprint density at radius 2 is 2.00 bits per heavy atom. The molecular formula is C26H27FN6OS. The zero-order valence-electron chi connectivity index (χ0n) is 19.7. The van der Waals surface area contributed by atoms with Gasteiger partial charge in [0, 0.05) is 43.5 Å². The number of thiazole rings is 1. The minimum atomic E-state index is -0.428. The Balaban J connectivity index is 1.07. The molecule has 0 radical (unpaired) electrons. The topological polar surface area (TPSA) is 86.8 Å². The summed E-state index contributed by atoms with van der Waals surface area (Å²) in [5, 5.41) is 5.55. The Bertz CT molecular complexity index is 1370. The summed E-state index contributed by atoms with van der Waals surface area (Å²) in [7, 11) is 0. The van der Waals surface area contributed by atoms with E-state index in [1.165, 1.54) is 18.3 Å². The fourth-order valence-corrected chi connectivity index (χ4v) is 7.10. The number of likely N-dealkylation sites (tertiary alicyclic amines) is 1. The molecule has 0 spiro atoms. The van der Waals surface area contributed by atoms with Crippen LogP contribution >= 0.6 is 11.3 Å². The molecular weight excluding hydrogens is 463 g/mol. The first-order valence-corrected chi connectivity index (χ1v) is 12.7. The summed E-state index contributed by atoms with van der Waals surface area (Å²) in [6.07, 6.45) is 2.41. The lowest BCUT2D eigenvalue weighted by atomic mass is 10.0. The molecule has 6 rings (SSSR count). The molecule has 9 heteroatoms. The molecule has 3 aromatic heterocycles. The number of nitrogens with zero attached hydrogens (tertiary/aromatic N) is 4. The highest BCUT2D eigenvalue weighted by Crippen LogP contribution is 2.77. The molecule has 2 unspecified atom stereocenters. The second kappa shape index (κ2) is 8.20. The Morgan fingerprint density at radius 3 is 2.77 bits per heavy atom. The van der Waals surface area contributed by atoms with Gasteiger partial charge in [0.15, 0.2) is 0 Å². The molecule has 0 bridgehead atoms. The third kappa shape index (κ3) is 3.73. The number of rotatable bonds is 7. The molecule has 2 aliphatic rings. The van der Waals surface area contributed by atoms with Crippen LogP contribution in [0.1, 0.15) is 46.8 Å². The Labute approximate surface area is 206 Å². The van der Waals surface area contributed by atoms with Gasteiger partial charge in [-0.25, -0.2) is 14.4 Å². The van der Waals surface area contributed by atoms with Crippen molar-refractivity contribution in [1.82, 2.24) is 30.2 Å². The van der Waals surface area contributed by atoms with Crippen molar-refractivity contribution in [3.05, 3.63) is 76.0 Å². The van der Waals surface area contributed by atoms with Crippen LogP contribution in [0.3, 0.4) is 0 Å². The number of carbonyl (C=O) groups excluding carboxylic acids is 1. The summed E-state index contributed by atoms with van der Waals surface area (Å²) < 4.78 is 13.8. The maximum Gasteiger partial charge on any atom is 0.271 e. The Kier molecular flexibility index (Phi) is 5.23. The molecule has 2 fully saturated rings. The first-order chi connectivity index (χ1) is 16.9. The van der Waals surface area contributed by atoms with Crippen molar-refractivity contribution in [2.75, 3.05) is 19.6 Å². The van der Waals surface area contributed by atoms with Gasteiger partial charge in [-0.2, -0.15) is 0 Å². The zero-order valence-corrected chi connectivity index (χ0v) is 20.5. The number of carbonyl (C=O) groups is 1. The number of H-pyrrole nitrogens is 1. The number of pyridine rings is 1. The molecule has 1 saturated carbocycles. The van der Waals surface area contributed by atoms with E-state index in [0.717, 1.165) is 47.9 Å². The van der Waals surface area contributed by atoms with Gasteiger partial charge >= 0.3 is 0 Å². The number of imidazole rings is 1. The van der Waals surface area contributed by atoms with Gasteiger partial charge in [-0.15, -0.1) is 11.3 Å². The van der Waals surface area contributed by atoms with Crippen molar-refractivity contribution in [3.63, 3.8) is 0 Å². The van der Waals surface area contributed by atoms with Crippen molar-refractivity contribution in [2.24, 2.45) is 10.8 Å². The fourth-order valence-electron chi connectivity index (χ4n) is 5.90. The van der Waals surface area contributed by atoms with Crippen LogP contribution in [0.15, 0.2) is 48.0 Å². The molecule has 1 aromatic carbocycles. The summed E-state index contributed by atoms with van der Waals surface area (Å²) in [5.74, 6) is 0.645. The van der Waals surface area contributed by atoms with E-state index in [1.54, 1.807) is 16.7 Å². The molecule has 4 aromatic rings. The van der Waals surface area contributed by atoms with Crippen molar-refractivity contribution in [1.29, 1.82) is 0 Å². The number of piperidine rings is 1. The number of para-hydroxylation sites is 2. The third-order valence-electron chi connectivity index (χ3n) is 7.96. The van der Waals surface area contributed by atoms with Crippen molar-refractivity contribution >= 4 is 28.3 Å². The maximum absolute atomic E-state index is 13.8. The van der Waals surface area contributed by atoms with Crippen LogP contribution in [0.5, 0.6) is 0 Å². The molecule has 180 valence electrons. The monoisotopic (exact) mass is 490 g/mol. The summed E-state index contributed by atoms with van der Waals surface area (Å²) in [6.45, 7) is 7.70. The van der Waals surface area contributed by atoms with Gasteiger partial charge in [-0.05, 0) is 35.1 Å². The number of nitrogens with one attached hydrogen (secondary N) is 2. The zero-order chi connectivity index (χ0) is 24.2. The minimum absolute atomic E-state index is 0.0391. The number of aromatic nitrogens is 4. The molecule has 4 heterocycles. The van der Waals surface area contributed by atoms with E-state index in [9.17, 15) is 9.18 Å². The highest BCUT2D eigenvalue weighted by atomic mass is 32.1. The predicted molar refractivity (Wildman–Crippen MR) is 133 cm³/mol. The molecule has 7 nitrogen and oxygen atoms in total. The number of aromatic amines is 1. The first-order valence-electron chi connectivity index (χ1n) is 11.9. The van der Waals surface area contributed by atoms with Crippen LogP contribution in [-0.2, 0) is 13.0 Å². The smallest absolute Gasteiger partial charge is 0.271 e. The quantitative estimate of drug-likeness (QED) is 0.406. The number of halogens is 1. The van der Waals surface area contributed by atoms with Crippen molar-refractivity contribution in [3.8, 4) is 0 Å². The lowest BCUT2D eigenvalue weighted by Crippen LogP contribution is -2.29. The molecule has 1 aliphatic heterocycles. The number of benzene rings is 1. The van der Waals surface area contributed by atoms with E-state index in [-0.39, 0.29) is 29.0 Å². The normalized spacial score (nSPS) is 25.6. The second-order valence-corrected chi connectivity index (χ2v) is 11.0. The average molecular weight is 491 g/mol. The predicted octanol–water partition coefficient (Wildman–Crippen LogP) is 4.15. The van der Waals surface area contributed by atoms with Crippen LogP contribution in [0.25, 0.3) is 11.0 Å². The Hall–Kier alpha value is -3.17. The largest absolute Gasteiger partial charge is 0.345 e. The van der Waals surface area contributed by atoms with Crippen LogP contribution in [0.4, 0.5) is 4.39 Å². The number of amides is 1. The number of fused-ring (bicyclic) bond motifs is 2. The van der Waals surface area contributed by atoms with Crippen LogP contribution in [0.2, 0.25) is 0 Å². The first kappa shape index (κ1) is 22.3.